The molecule has 0 saturated heterocycles. The first-order chi connectivity index (χ1) is 11.6. The molecule has 4 rings (SSSR count). The van der Waals surface area contributed by atoms with E-state index in [4.69, 9.17) is 0 Å². The second-order valence-electron chi connectivity index (χ2n) is 5.30. The second kappa shape index (κ2) is 6.31. The van der Waals surface area contributed by atoms with E-state index >= 15 is 0 Å². The summed E-state index contributed by atoms with van der Waals surface area (Å²) in [5.74, 6) is 0.0868. The summed E-state index contributed by atoms with van der Waals surface area (Å²) < 4.78 is 4.15. The zero-order valence-corrected chi connectivity index (χ0v) is 15.9. The van der Waals surface area contributed by atoms with Gasteiger partial charge in [0.2, 0.25) is 4.96 Å². The zero-order valence-electron chi connectivity index (χ0n) is 12.6. The van der Waals surface area contributed by atoms with Gasteiger partial charge in [0.1, 0.15) is 0 Å². The summed E-state index contributed by atoms with van der Waals surface area (Å²) >= 11 is 6.43. The number of rotatable bonds is 4. The van der Waals surface area contributed by atoms with Gasteiger partial charge in [0.05, 0.1) is 15.5 Å². The normalized spacial score (nSPS) is 12.8. The number of hydrogen-bond donors (Lipinski definition) is 0. The number of thiazole rings is 1. The molecule has 0 saturated carbocycles. The lowest BCUT2D eigenvalue weighted by molar-refractivity contribution is 0.0994. The SMILES string of the molecule is C[C@@H](Sc1nnc2sc3ccccc3n12)C(=O)c1ccc(Br)cc1. The van der Waals surface area contributed by atoms with E-state index in [-0.39, 0.29) is 11.0 Å². The average Bonchev–Trinajstić information content (AvgIpc) is 3.14. The van der Waals surface area contributed by atoms with Crippen LogP contribution in [0.15, 0.2) is 58.2 Å². The number of nitrogens with zero attached hydrogens (tertiary/aromatic N) is 3. The molecule has 2 heterocycles. The highest BCUT2D eigenvalue weighted by Gasteiger charge is 2.21. The van der Waals surface area contributed by atoms with Crippen LogP contribution < -0.4 is 0 Å². The van der Waals surface area contributed by atoms with Crippen LogP contribution in [-0.4, -0.2) is 25.6 Å². The Balaban J connectivity index is 1.66. The number of Topliss-reactive ketones (excluding diaryl/α,β-unsaturated/α-hetero) is 1. The number of benzene rings is 2. The van der Waals surface area contributed by atoms with E-state index in [2.05, 4.69) is 32.2 Å². The summed E-state index contributed by atoms with van der Waals surface area (Å²) in [5, 5.41) is 9.02. The molecule has 24 heavy (non-hydrogen) atoms. The number of ketones is 1. The van der Waals surface area contributed by atoms with E-state index in [1.54, 1.807) is 11.3 Å². The Morgan fingerprint density at radius 2 is 1.92 bits per heavy atom. The van der Waals surface area contributed by atoms with Crippen LogP contribution in [0.3, 0.4) is 0 Å². The highest BCUT2D eigenvalue weighted by molar-refractivity contribution is 9.10. The lowest BCUT2D eigenvalue weighted by Crippen LogP contribution is -2.13. The van der Waals surface area contributed by atoms with E-state index in [1.165, 1.54) is 11.8 Å². The molecule has 2 aromatic heterocycles. The van der Waals surface area contributed by atoms with Crippen LogP contribution in [0.1, 0.15) is 17.3 Å². The number of halogens is 1. The van der Waals surface area contributed by atoms with Gasteiger partial charge in [0.25, 0.3) is 0 Å². The number of carbonyl (C=O) groups is 1. The van der Waals surface area contributed by atoms with Crippen LogP contribution in [0, 0.1) is 0 Å². The molecule has 0 aliphatic heterocycles. The third-order valence-electron chi connectivity index (χ3n) is 3.69. The van der Waals surface area contributed by atoms with Gasteiger partial charge in [-0.25, -0.2) is 0 Å². The molecule has 0 unspecified atom stereocenters. The molecule has 2 aromatic carbocycles. The summed E-state index contributed by atoms with van der Waals surface area (Å²) in [6.07, 6.45) is 0. The molecule has 0 amide bonds. The first-order valence-electron chi connectivity index (χ1n) is 7.32. The van der Waals surface area contributed by atoms with Crippen molar-refractivity contribution in [1.82, 2.24) is 14.6 Å². The maximum atomic E-state index is 12.6. The van der Waals surface area contributed by atoms with Gasteiger partial charge in [0.15, 0.2) is 10.9 Å². The number of carbonyl (C=O) groups excluding carboxylic acids is 1. The molecule has 7 heteroatoms. The minimum absolute atomic E-state index is 0.0868. The van der Waals surface area contributed by atoms with Gasteiger partial charge in [-0.05, 0) is 31.2 Å². The van der Waals surface area contributed by atoms with Crippen molar-refractivity contribution in [3.05, 3.63) is 58.6 Å². The fraction of sp³-hybridized carbons (Fsp3) is 0.118. The van der Waals surface area contributed by atoms with Crippen molar-refractivity contribution in [2.45, 2.75) is 17.3 Å². The van der Waals surface area contributed by atoms with Crippen LogP contribution in [0.2, 0.25) is 0 Å². The van der Waals surface area contributed by atoms with Crippen LogP contribution in [0.4, 0.5) is 0 Å². The lowest BCUT2D eigenvalue weighted by atomic mass is 10.1. The molecule has 0 radical (unpaired) electrons. The van der Waals surface area contributed by atoms with Crippen molar-refractivity contribution >= 4 is 60.0 Å². The maximum absolute atomic E-state index is 12.6. The molecule has 0 bridgehead atoms. The molecule has 0 spiro atoms. The molecule has 0 N–H and O–H groups in total. The van der Waals surface area contributed by atoms with E-state index in [0.29, 0.717) is 5.56 Å². The molecule has 0 aliphatic rings. The predicted molar refractivity (Wildman–Crippen MR) is 102 cm³/mol. The smallest absolute Gasteiger partial charge is 0.217 e. The molecule has 0 aliphatic carbocycles. The van der Waals surface area contributed by atoms with Crippen molar-refractivity contribution < 1.29 is 4.79 Å². The Hall–Kier alpha value is -1.70. The van der Waals surface area contributed by atoms with Gasteiger partial charge >= 0.3 is 0 Å². The van der Waals surface area contributed by atoms with Gasteiger partial charge in [-0.15, -0.1) is 10.2 Å². The van der Waals surface area contributed by atoms with Gasteiger partial charge in [-0.3, -0.25) is 9.20 Å². The molecular weight excluding hydrogens is 406 g/mol. The zero-order chi connectivity index (χ0) is 16.7. The highest BCUT2D eigenvalue weighted by atomic mass is 79.9. The third-order valence-corrected chi connectivity index (χ3v) is 6.27. The minimum atomic E-state index is -0.239. The van der Waals surface area contributed by atoms with Crippen LogP contribution in [0.25, 0.3) is 15.2 Å². The average molecular weight is 418 g/mol. The first-order valence-corrected chi connectivity index (χ1v) is 9.81. The first kappa shape index (κ1) is 15.8. The Morgan fingerprint density at radius 3 is 2.71 bits per heavy atom. The largest absolute Gasteiger partial charge is 0.293 e. The number of hydrogen-bond acceptors (Lipinski definition) is 5. The van der Waals surface area contributed by atoms with Gasteiger partial charge in [0, 0.05) is 10.0 Å². The molecule has 1 atom stereocenters. The fourth-order valence-corrected chi connectivity index (χ4v) is 4.72. The third kappa shape index (κ3) is 2.76. The summed E-state index contributed by atoms with van der Waals surface area (Å²) in [6, 6.07) is 15.6. The van der Waals surface area contributed by atoms with E-state index in [9.17, 15) is 4.79 Å². The van der Waals surface area contributed by atoms with E-state index < -0.39 is 0 Å². The Kier molecular flexibility index (Phi) is 4.15. The summed E-state index contributed by atoms with van der Waals surface area (Å²) in [5.41, 5.74) is 1.78. The Bertz CT molecular complexity index is 1040. The maximum Gasteiger partial charge on any atom is 0.217 e. The highest BCUT2D eigenvalue weighted by Crippen LogP contribution is 2.31. The van der Waals surface area contributed by atoms with Crippen molar-refractivity contribution in [2.75, 3.05) is 0 Å². The van der Waals surface area contributed by atoms with E-state index in [1.807, 2.05) is 53.8 Å². The van der Waals surface area contributed by atoms with Gasteiger partial charge in [-0.1, -0.05) is 63.3 Å². The molecule has 4 nitrogen and oxygen atoms in total. The van der Waals surface area contributed by atoms with Crippen molar-refractivity contribution in [2.24, 2.45) is 0 Å². The minimum Gasteiger partial charge on any atom is -0.293 e. The lowest BCUT2D eigenvalue weighted by Gasteiger charge is -2.09. The van der Waals surface area contributed by atoms with Crippen LogP contribution in [-0.2, 0) is 0 Å². The number of fused-ring (bicyclic) bond motifs is 3. The molecule has 120 valence electrons. The number of para-hydroxylation sites is 1. The molecular formula is C17H12BrN3OS2. The fourth-order valence-electron chi connectivity index (χ4n) is 2.49. The van der Waals surface area contributed by atoms with Crippen molar-refractivity contribution in [3.8, 4) is 0 Å². The van der Waals surface area contributed by atoms with Gasteiger partial charge < -0.3 is 0 Å². The van der Waals surface area contributed by atoms with Crippen LogP contribution in [0.5, 0.6) is 0 Å². The van der Waals surface area contributed by atoms with Gasteiger partial charge in [-0.2, -0.15) is 0 Å². The van der Waals surface area contributed by atoms with E-state index in [0.717, 1.165) is 24.8 Å². The Labute approximate surface area is 155 Å². The van der Waals surface area contributed by atoms with Crippen molar-refractivity contribution in [3.63, 3.8) is 0 Å². The standard InChI is InChI=1S/C17H12BrN3OS2/c1-10(15(22)11-6-8-12(18)9-7-11)23-16-19-20-17-21(16)13-4-2-3-5-14(13)24-17/h2-10H,1H3/t10-/m1/s1. The topological polar surface area (TPSA) is 47.3 Å². The number of thioether (sulfide) groups is 1. The summed E-state index contributed by atoms with van der Waals surface area (Å²) in [4.78, 5) is 13.5. The van der Waals surface area contributed by atoms with Crippen molar-refractivity contribution in [1.29, 1.82) is 0 Å². The second-order valence-corrected chi connectivity index (χ2v) is 8.53. The number of aromatic nitrogens is 3. The monoisotopic (exact) mass is 417 g/mol. The predicted octanol–water partition coefficient (Wildman–Crippen LogP) is 5.07. The quantitative estimate of drug-likeness (QED) is 0.343. The molecule has 0 fully saturated rings. The van der Waals surface area contributed by atoms with Crippen LogP contribution >= 0.6 is 39.0 Å². The summed E-state index contributed by atoms with van der Waals surface area (Å²) in [6.45, 7) is 1.91. The summed E-state index contributed by atoms with van der Waals surface area (Å²) in [7, 11) is 0. The molecule has 4 aromatic rings. The Morgan fingerprint density at radius 1 is 1.17 bits per heavy atom.